The molecule has 1 aliphatic rings. The smallest absolute Gasteiger partial charge is 0.387 e. The molecular weight excluding hydrogens is 320 g/mol. The molecule has 24 heavy (non-hydrogen) atoms. The van der Waals surface area contributed by atoms with Crippen LogP contribution in [-0.2, 0) is 5.54 Å². The molecule has 3 rings (SSSR count). The summed E-state index contributed by atoms with van der Waals surface area (Å²) in [7, 11) is 0. The molecular formula is C18H16F4N2. The zero-order chi connectivity index (χ0) is 17.5. The molecule has 0 radical (unpaired) electrons. The van der Waals surface area contributed by atoms with Crippen molar-refractivity contribution in [1.82, 2.24) is 0 Å². The topological polar surface area (TPSA) is 38.4 Å². The fraction of sp³-hybridized carbons (Fsp3) is 0.278. The second-order valence-electron chi connectivity index (χ2n) is 6.11. The first-order chi connectivity index (χ1) is 11.2. The third kappa shape index (κ3) is 2.77. The highest BCUT2D eigenvalue weighted by atomic mass is 19.4. The number of aliphatic imine (C=N–C) groups is 1. The van der Waals surface area contributed by atoms with Gasteiger partial charge >= 0.3 is 6.18 Å². The van der Waals surface area contributed by atoms with Gasteiger partial charge in [-0.25, -0.2) is 4.39 Å². The van der Waals surface area contributed by atoms with Crippen LogP contribution in [0.25, 0.3) is 11.1 Å². The fourth-order valence-electron chi connectivity index (χ4n) is 3.24. The second kappa shape index (κ2) is 5.61. The standard InChI is InChI=1S/C18H16F4N2/c1-17(15(18(20,21)22)10-16(23)24-17)13-9-12(7-8-14(13)19)11-5-3-2-4-6-11/h2-9,15H,10H2,1H3,(H2,23,24). The van der Waals surface area contributed by atoms with Crippen molar-refractivity contribution in [2.45, 2.75) is 25.1 Å². The number of hydrogen-bond acceptors (Lipinski definition) is 2. The number of amidine groups is 1. The lowest BCUT2D eigenvalue weighted by molar-refractivity contribution is -0.187. The second-order valence-corrected chi connectivity index (χ2v) is 6.11. The molecule has 0 aliphatic carbocycles. The Morgan fingerprint density at radius 2 is 1.75 bits per heavy atom. The summed E-state index contributed by atoms with van der Waals surface area (Å²) in [5.74, 6) is -2.67. The number of nitrogens with two attached hydrogens (primary N) is 1. The summed E-state index contributed by atoms with van der Waals surface area (Å²) < 4.78 is 54.7. The molecule has 1 heterocycles. The van der Waals surface area contributed by atoms with Crippen molar-refractivity contribution in [3.63, 3.8) is 0 Å². The van der Waals surface area contributed by atoms with Gasteiger partial charge in [-0.1, -0.05) is 36.4 Å². The molecule has 2 aromatic carbocycles. The van der Waals surface area contributed by atoms with Crippen molar-refractivity contribution in [2.75, 3.05) is 0 Å². The summed E-state index contributed by atoms with van der Waals surface area (Å²) in [5.41, 5.74) is 5.13. The van der Waals surface area contributed by atoms with Gasteiger partial charge in [0.25, 0.3) is 0 Å². The van der Waals surface area contributed by atoms with E-state index < -0.39 is 29.9 Å². The molecule has 1 aliphatic heterocycles. The lowest BCUT2D eigenvalue weighted by Crippen LogP contribution is -2.38. The van der Waals surface area contributed by atoms with Crippen LogP contribution in [0.4, 0.5) is 17.6 Å². The summed E-state index contributed by atoms with van der Waals surface area (Å²) in [4.78, 5) is 3.97. The molecule has 0 saturated heterocycles. The number of benzene rings is 2. The van der Waals surface area contributed by atoms with E-state index in [4.69, 9.17) is 5.73 Å². The van der Waals surface area contributed by atoms with Crippen molar-refractivity contribution in [3.05, 3.63) is 59.9 Å². The SMILES string of the molecule is CC1(c2cc(-c3ccccc3)ccc2F)N=C(N)CC1C(F)(F)F. The molecule has 0 saturated carbocycles. The lowest BCUT2D eigenvalue weighted by Gasteiger charge is -2.31. The summed E-state index contributed by atoms with van der Waals surface area (Å²) in [5, 5.41) is 0. The Morgan fingerprint density at radius 1 is 1.08 bits per heavy atom. The maximum absolute atomic E-state index is 14.4. The first-order valence-electron chi connectivity index (χ1n) is 7.48. The molecule has 0 fully saturated rings. The minimum atomic E-state index is -4.52. The van der Waals surface area contributed by atoms with Crippen molar-refractivity contribution < 1.29 is 17.6 Å². The highest BCUT2D eigenvalue weighted by Crippen LogP contribution is 2.49. The van der Waals surface area contributed by atoms with Crippen LogP contribution in [0.3, 0.4) is 0 Å². The molecule has 2 aromatic rings. The van der Waals surface area contributed by atoms with Gasteiger partial charge in [-0.3, -0.25) is 4.99 Å². The summed E-state index contributed by atoms with van der Waals surface area (Å²) in [6, 6.07) is 13.2. The quantitative estimate of drug-likeness (QED) is 0.797. The van der Waals surface area contributed by atoms with Crippen LogP contribution in [0.5, 0.6) is 0 Å². The van der Waals surface area contributed by atoms with Gasteiger partial charge in [0.05, 0.1) is 17.3 Å². The van der Waals surface area contributed by atoms with Crippen LogP contribution >= 0.6 is 0 Å². The fourth-order valence-corrected chi connectivity index (χ4v) is 3.24. The Morgan fingerprint density at radius 3 is 2.38 bits per heavy atom. The van der Waals surface area contributed by atoms with Gasteiger partial charge in [0.1, 0.15) is 5.82 Å². The van der Waals surface area contributed by atoms with E-state index in [0.717, 1.165) is 5.56 Å². The van der Waals surface area contributed by atoms with Crippen LogP contribution in [0, 0.1) is 11.7 Å². The Hall–Kier alpha value is -2.37. The van der Waals surface area contributed by atoms with Crippen molar-refractivity contribution >= 4 is 5.84 Å². The van der Waals surface area contributed by atoms with Crippen LogP contribution < -0.4 is 5.73 Å². The highest BCUT2D eigenvalue weighted by Gasteiger charge is 2.56. The van der Waals surface area contributed by atoms with E-state index in [1.807, 2.05) is 30.3 Å². The van der Waals surface area contributed by atoms with E-state index in [2.05, 4.69) is 4.99 Å². The summed E-state index contributed by atoms with van der Waals surface area (Å²) in [6.45, 7) is 1.29. The number of nitrogens with zero attached hydrogens (tertiary/aromatic N) is 1. The Labute approximate surface area is 137 Å². The Kier molecular flexibility index (Phi) is 3.86. The molecule has 2 N–H and O–H groups in total. The molecule has 2 nitrogen and oxygen atoms in total. The van der Waals surface area contributed by atoms with E-state index in [1.54, 1.807) is 6.07 Å². The largest absolute Gasteiger partial charge is 0.394 e. The van der Waals surface area contributed by atoms with Gasteiger partial charge in [0.15, 0.2) is 0 Å². The van der Waals surface area contributed by atoms with E-state index >= 15 is 0 Å². The molecule has 6 heteroatoms. The maximum atomic E-state index is 14.4. The van der Waals surface area contributed by atoms with Crippen molar-refractivity contribution in [2.24, 2.45) is 16.6 Å². The third-order valence-corrected chi connectivity index (χ3v) is 4.48. The number of rotatable bonds is 2. The number of alkyl halides is 3. The van der Waals surface area contributed by atoms with E-state index in [0.29, 0.717) is 5.56 Å². The Balaban J connectivity index is 2.14. The molecule has 0 bridgehead atoms. The maximum Gasteiger partial charge on any atom is 0.394 e. The molecule has 0 aromatic heterocycles. The normalized spacial score (nSPS) is 24.0. The number of hydrogen-bond donors (Lipinski definition) is 1. The number of halogens is 4. The van der Waals surface area contributed by atoms with E-state index in [1.165, 1.54) is 19.1 Å². The molecule has 0 spiro atoms. The minimum Gasteiger partial charge on any atom is -0.387 e. The zero-order valence-electron chi connectivity index (χ0n) is 12.9. The van der Waals surface area contributed by atoms with Crippen LogP contribution in [0.15, 0.2) is 53.5 Å². The average molecular weight is 336 g/mol. The van der Waals surface area contributed by atoms with Crippen LogP contribution in [-0.4, -0.2) is 12.0 Å². The molecule has 0 amide bonds. The first-order valence-corrected chi connectivity index (χ1v) is 7.48. The summed E-state index contributed by atoms with van der Waals surface area (Å²) in [6.07, 6.45) is -4.94. The van der Waals surface area contributed by atoms with Gasteiger partial charge in [0.2, 0.25) is 0 Å². The lowest BCUT2D eigenvalue weighted by atomic mass is 9.79. The zero-order valence-corrected chi connectivity index (χ0v) is 12.9. The third-order valence-electron chi connectivity index (χ3n) is 4.48. The highest BCUT2D eigenvalue weighted by molar-refractivity contribution is 5.83. The molecule has 126 valence electrons. The van der Waals surface area contributed by atoms with Gasteiger partial charge in [-0.05, 0) is 30.2 Å². The molecule has 2 atom stereocenters. The van der Waals surface area contributed by atoms with Gasteiger partial charge < -0.3 is 5.73 Å². The van der Waals surface area contributed by atoms with Crippen LogP contribution in [0.1, 0.15) is 18.9 Å². The van der Waals surface area contributed by atoms with Crippen molar-refractivity contribution in [1.29, 1.82) is 0 Å². The predicted octanol–water partition coefficient (Wildman–Crippen LogP) is 4.65. The van der Waals surface area contributed by atoms with Gasteiger partial charge in [-0.15, -0.1) is 0 Å². The summed E-state index contributed by atoms with van der Waals surface area (Å²) >= 11 is 0. The van der Waals surface area contributed by atoms with Crippen molar-refractivity contribution in [3.8, 4) is 11.1 Å². The van der Waals surface area contributed by atoms with E-state index in [-0.39, 0.29) is 11.4 Å². The van der Waals surface area contributed by atoms with E-state index in [9.17, 15) is 17.6 Å². The molecule has 2 unspecified atom stereocenters. The van der Waals surface area contributed by atoms with Gasteiger partial charge in [-0.2, -0.15) is 13.2 Å². The minimum absolute atomic E-state index is 0.0911. The van der Waals surface area contributed by atoms with Gasteiger partial charge in [0, 0.05) is 12.0 Å². The average Bonchev–Trinajstić information content (AvgIpc) is 2.84. The first kappa shape index (κ1) is 16.5. The monoisotopic (exact) mass is 336 g/mol. The predicted molar refractivity (Wildman–Crippen MR) is 85.0 cm³/mol. The Bertz CT molecular complexity index is 783. The van der Waals surface area contributed by atoms with Crippen LogP contribution in [0.2, 0.25) is 0 Å².